The van der Waals surface area contributed by atoms with Crippen LogP contribution in [0.3, 0.4) is 0 Å². The lowest BCUT2D eigenvalue weighted by molar-refractivity contribution is -0.209. The van der Waals surface area contributed by atoms with E-state index in [1.165, 1.54) is 12.3 Å². The number of aromatic nitrogens is 4. The largest absolute Gasteiger partial charge is 0.312 e. The third-order valence-corrected chi connectivity index (χ3v) is 7.86. The van der Waals surface area contributed by atoms with Crippen molar-refractivity contribution < 1.29 is 8.78 Å². The molecule has 37 heavy (non-hydrogen) atoms. The van der Waals surface area contributed by atoms with Gasteiger partial charge in [-0.3, -0.25) is 9.78 Å². The minimum Gasteiger partial charge on any atom is -0.312 e. The lowest BCUT2D eigenvalue weighted by Gasteiger charge is -2.66. The van der Waals surface area contributed by atoms with Crippen LogP contribution in [0.5, 0.6) is 0 Å². The fourth-order valence-electron chi connectivity index (χ4n) is 6.19. The van der Waals surface area contributed by atoms with Crippen molar-refractivity contribution in [2.45, 2.75) is 38.0 Å². The van der Waals surface area contributed by atoms with Crippen LogP contribution in [0.25, 0.3) is 27.5 Å². The van der Waals surface area contributed by atoms with Gasteiger partial charge in [-0.15, -0.1) is 0 Å². The summed E-state index contributed by atoms with van der Waals surface area (Å²) in [7, 11) is 0. The van der Waals surface area contributed by atoms with E-state index in [9.17, 15) is 13.6 Å². The van der Waals surface area contributed by atoms with E-state index in [0.29, 0.717) is 54.3 Å². The second-order valence-electron chi connectivity index (χ2n) is 10.7. The predicted molar refractivity (Wildman–Crippen MR) is 138 cm³/mol. The molecule has 3 saturated carbocycles. The van der Waals surface area contributed by atoms with Crippen molar-refractivity contribution in [3.8, 4) is 11.1 Å². The Morgan fingerprint density at radius 1 is 0.973 bits per heavy atom. The summed E-state index contributed by atoms with van der Waals surface area (Å²) in [6.07, 6.45) is 10.9. The summed E-state index contributed by atoms with van der Waals surface area (Å²) >= 11 is 0. The quantitative estimate of drug-likeness (QED) is 0.348. The van der Waals surface area contributed by atoms with E-state index in [1.54, 1.807) is 35.2 Å². The van der Waals surface area contributed by atoms with Crippen LogP contribution in [0.15, 0.2) is 78.2 Å². The highest BCUT2D eigenvalue weighted by Crippen LogP contribution is 2.69. The van der Waals surface area contributed by atoms with Gasteiger partial charge in [0, 0.05) is 55.2 Å². The van der Waals surface area contributed by atoms with Gasteiger partial charge in [-0.05, 0) is 53.8 Å². The van der Waals surface area contributed by atoms with Gasteiger partial charge in [0.1, 0.15) is 17.1 Å². The molecule has 0 aliphatic heterocycles. The summed E-state index contributed by atoms with van der Waals surface area (Å²) in [6.45, 7) is 1.87. The van der Waals surface area contributed by atoms with Gasteiger partial charge in [-0.2, -0.15) is 0 Å². The van der Waals surface area contributed by atoms with Crippen LogP contribution >= 0.6 is 0 Å². The highest BCUT2D eigenvalue weighted by Gasteiger charge is 2.68. The Balaban J connectivity index is 1.11. The van der Waals surface area contributed by atoms with Gasteiger partial charge in [-0.1, -0.05) is 24.3 Å². The number of alkyl halides is 1. The van der Waals surface area contributed by atoms with Gasteiger partial charge in [0.15, 0.2) is 0 Å². The first-order valence-corrected chi connectivity index (χ1v) is 12.5. The predicted octanol–water partition coefficient (Wildman–Crippen LogP) is 4.88. The molecule has 6 nitrogen and oxygen atoms in total. The molecule has 186 valence electrons. The van der Waals surface area contributed by atoms with Gasteiger partial charge in [0.05, 0.1) is 17.6 Å². The SMILES string of the molecule is O=c1c2cncc(-c3ccccc3F)c2ccn1Cc1cn2cc(CNCC34CC(F)(C3)C4)ccc2n1. The summed E-state index contributed by atoms with van der Waals surface area (Å²) in [5.74, 6) is -0.354. The zero-order chi connectivity index (χ0) is 25.2. The molecule has 5 aromatic rings. The van der Waals surface area contributed by atoms with Crippen LogP contribution in [-0.2, 0) is 13.1 Å². The molecule has 8 heteroatoms. The number of imidazole rings is 1. The summed E-state index contributed by atoms with van der Waals surface area (Å²) < 4.78 is 31.7. The zero-order valence-electron chi connectivity index (χ0n) is 20.1. The number of halogens is 2. The molecule has 0 atom stereocenters. The Kier molecular flexibility index (Phi) is 4.85. The van der Waals surface area contributed by atoms with Crippen LogP contribution in [0, 0.1) is 11.2 Å². The van der Waals surface area contributed by atoms with Crippen molar-refractivity contribution in [1.29, 1.82) is 0 Å². The summed E-state index contributed by atoms with van der Waals surface area (Å²) in [5, 5.41) is 4.57. The number of hydrogen-bond acceptors (Lipinski definition) is 4. The molecule has 0 unspecified atom stereocenters. The van der Waals surface area contributed by atoms with Gasteiger partial charge in [0.25, 0.3) is 5.56 Å². The topological polar surface area (TPSA) is 64.2 Å². The third kappa shape index (κ3) is 3.74. The Morgan fingerprint density at radius 2 is 1.81 bits per heavy atom. The van der Waals surface area contributed by atoms with Crippen molar-refractivity contribution in [3.05, 3.63) is 101 Å². The van der Waals surface area contributed by atoms with Gasteiger partial charge < -0.3 is 14.3 Å². The molecule has 8 rings (SSSR count). The van der Waals surface area contributed by atoms with Crippen LogP contribution in [0.4, 0.5) is 8.78 Å². The molecule has 2 bridgehead atoms. The molecule has 0 radical (unpaired) electrons. The number of fused-ring (bicyclic) bond motifs is 2. The molecule has 0 saturated heterocycles. The number of nitrogens with one attached hydrogen (secondary N) is 1. The highest BCUT2D eigenvalue weighted by molar-refractivity contribution is 5.95. The normalized spacial score (nSPS) is 22.2. The number of rotatable bonds is 7. The molecule has 1 N–H and O–H groups in total. The molecule has 3 aliphatic carbocycles. The summed E-state index contributed by atoms with van der Waals surface area (Å²) in [4.78, 5) is 22.2. The average Bonchev–Trinajstić information content (AvgIpc) is 3.26. The van der Waals surface area contributed by atoms with E-state index in [2.05, 4.69) is 15.3 Å². The number of pyridine rings is 3. The van der Waals surface area contributed by atoms with E-state index in [-0.39, 0.29) is 16.8 Å². The maximum atomic E-state index is 14.4. The minimum absolute atomic E-state index is 0.180. The second-order valence-corrected chi connectivity index (χ2v) is 10.7. The average molecular weight is 498 g/mol. The van der Waals surface area contributed by atoms with Crippen molar-refractivity contribution in [1.82, 2.24) is 24.3 Å². The smallest absolute Gasteiger partial charge is 0.260 e. The Morgan fingerprint density at radius 3 is 2.62 bits per heavy atom. The Bertz CT molecular complexity index is 1720. The molecule has 0 spiro atoms. The van der Waals surface area contributed by atoms with Crippen molar-refractivity contribution >= 4 is 16.4 Å². The summed E-state index contributed by atoms with van der Waals surface area (Å²) in [5.41, 5.74) is 2.80. The van der Waals surface area contributed by atoms with Crippen molar-refractivity contribution in [2.75, 3.05) is 6.54 Å². The number of nitrogens with zero attached hydrogens (tertiary/aromatic N) is 4. The van der Waals surface area contributed by atoms with Crippen LogP contribution in [0.2, 0.25) is 0 Å². The first-order chi connectivity index (χ1) is 17.9. The van der Waals surface area contributed by atoms with Gasteiger partial charge in [0.2, 0.25) is 0 Å². The maximum Gasteiger partial charge on any atom is 0.260 e. The lowest BCUT2D eigenvalue weighted by Crippen LogP contribution is -2.67. The van der Waals surface area contributed by atoms with Gasteiger partial charge in [-0.25, -0.2) is 13.8 Å². The number of benzene rings is 1. The third-order valence-electron chi connectivity index (χ3n) is 7.86. The molecule has 4 heterocycles. The standard InChI is InChI=1S/C29H25F2N5O/c30-25-4-2-1-3-22(25)23-10-32-11-24-21(23)7-8-35(27(24)37)13-20-14-36-12-19(5-6-26(36)34-20)9-33-18-28-15-29(31,16-28)17-28/h1-8,10-12,14,33H,9,13,15-18H2. The lowest BCUT2D eigenvalue weighted by atomic mass is 9.42. The van der Waals surface area contributed by atoms with Crippen LogP contribution < -0.4 is 10.9 Å². The fraction of sp³-hybridized carbons (Fsp3) is 0.276. The Hall–Kier alpha value is -3.91. The van der Waals surface area contributed by atoms with E-state index in [1.807, 2.05) is 35.0 Å². The Labute approximate surface area is 211 Å². The molecule has 4 aromatic heterocycles. The molecule has 0 amide bonds. The molecular weight excluding hydrogens is 472 g/mol. The van der Waals surface area contributed by atoms with Crippen LogP contribution in [0.1, 0.15) is 30.5 Å². The van der Waals surface area contributed by atoms with Gasteiger partial charge >= 0.3 is 0 Å². The molecule has 3 aliphatic rings. The summed E-state index contributed by atoms with van der Waals surface area (Å²) in [6, 6.07) is 12.3. The van der Waals surface area contributed by atoms with E-state index < -0.39 is 5.67 Å². The number of hydrogen-bond donors (Lipinski definition) is 1. The fourth-order valence-corrected chi connectivity index (χ4v) is 6.19. The van der Waals surface area contributed by atoms with E-state index in [4.69, 9.17) is 0 Å². The first kappa shape index (κ1) is 22.3. The molecule has 3 fully saturated rings. The van der Waals surface area contributed by atoms with Crippen LogP contribution in [-0.4, -0.2) is 31.1 Å². The maximum absolute atomic E-state index is 14.4. The second kappa shape index (κ2) is 8.05. The highest BCUT2D eigenvalue weighted by atomic mass is 19.1. The zero-order valence-corrected chi connectivity index (χ0v) is 20.1. The first-order valence-electron chi connectivity index (χ1n) is 12.5. The molecular formula is C29H25F2N5O. The van der Waals surface area contributed by atoms with E-state index in [0.717, 1.165) is 23.4 Å². The van der Waals surface area contributed by atoms with Crippen molar-refractivity contribution in [3.63, 3.8) is 0 Å². The van der Waals surface area contributed by atoms with E-state index >= 15 is 0 Å². The molecule has 1 aromatic carbocycles. The van der Waals surface area contributed by atoms with Crippen molar-refractivity contribution in [2.24, 2.45) is 5.41 Å². The minimum atomic E-state index is -0.862. The monoisotopic (exact) mass is 497 g/mol.